The first-order valence-electron chi connectivity index (χ1n) is 11.5. The molecule has 1 aromatic heterocycles. The predicted octanol–water partition coefficient (Wildman–Crippen LogP) is 4.83. The number of rotatable bonds is 9. The molecule has 9 heteroatoms. The zero-order chi connectivity index (χ0) is 25.1. The number of nitrogens with zero attached hydrogens (tertiary/aromatic N) is 2. The Morgan fingerprint density at radius 2 is 1.77 bits per heavy atom. The molecule has 2 unspecified atom stereocenters. The van der Waals surface area contributed by atoms with Crippen molar-refractivity contribution in [2.45, 2.75) is 39.7 Å². The summed E-state index contributed by atoms with van der Waals surface area (Å²) >= 11 is 0. The third kappa shape index (κ3) is 5.45. The summed E-state index contributed by atoms with van der Waals surface area (Å²) in [6, 6.07) is 10.9. The molecule has 1 fully saturated rings. The molecular weight excluding hydrogens is 450 g/mol. The summed E-state index contributed by atoms with van der Waals surface area (Å²) in [6.45, 7) is 6.03. The summed E-state index contributed by atoms with van der Waals surface area (Å²) in [7, 11) is 2.94. The molecule has 0 aliphatic heterocycles. The molecule has 1 heterocycles. The summed E-state index contributed by atoms with van der Waals surface area (Å²) < 4.78 is 21.3. The molecule has 2 atom stereocenters. The third-order valence-corrected chi connectivity index (χ3v) is 6.08. The summed E-state index contributed by atoms with van der Waals surface area (Å²) in [5.74, 6) is 1.12. The number of nitrogens with one attached hydrogen (secondary N) is 1. The third-order valence-electron chi connectivity index (χ3n) is 6.08. The number of ether oxygens (including phenoxy) is 3. The van der Waals surface area contributed by atoms with E-state index in [0.29, 0.717) is 29.2 Å². The van der Waals surface area contributed by atoms with Crippen LogP contribution in [0.5, 0.6) is 11.5 Å². The molecule has 184 valence electrons. The Morgan fingerprint density at radius 1 is 1.11 bits per heavy atom. The van der Waals surface area contributed by atoms with E-state index in [0.717, 1.165) is 12.0 Å². The lowest BCUT2D eigenvalue weighted by atomic mass is 10.0. The molecule has 0 bridgehead atoms. The Bertz CT molecular complexity index is 1220. The molecule has 1 N–H and O–H groups in total. The molecule has 9 nitrogen and oxygen atoms in total. The SMILES string of the molecule is COc1cc(NC(=O)C2CC2C)c(C(=O)OCc2nc(-c3ccc(C(C)C)cc3)no2)cc1OC. The van der Waals surface area contributed by atoms with Gasteiger partial charge in [-0.3, -0.25) is 4.79 Å². The van der Waals surface area contributed by atoms with Crippen molar-refractivity contribution in [2.75, 3.05) is 19.5 Å². The standard InChI is InChI=1S/C26H29N3O6/c1-14(2)16-6-8-17(9-7-16)24-28-23(35-29-24)13-34-26(31)19-11-21(32-4)22(33-5)12-20(19)27-25(30)18-10-15(18)3/h6-9,11-12,14-15,18H,10,13H2,1-5H3,(H,27,30). The summed E-state index contributed by atoms with van der Waals surface area (Å²) in [4.78, 5) is 29.8. The molecular formula is C26H29N3O6. The van der Waals surface area contributed by atoms with Gasteiger partial charge in [-0.05, 0) is 23.8 Å². The van der Waals surface area contributed by atoms with Crippen molar-refractivity contribution >= 4 is 17.6 Å². The number of carbonyl (C=O) groups excluding carboxylic acids is 2. The highest BCUT2D eigenvalue weighted by Crippen LogP contribution is 2.40. The number of hydrogen-bond donors (Lipinski definition) is 1. The largest absolute Gasteiger partial charge is 0.493 e. The lowest BCUT2D eigenvalue weighted by molar-refractivity contribution is -0.117. The van der Waals surface area contributed by atoms with E-state index in [1.165, 1.54) is 25.8 Å². The summed E-state index contributed by atoms with van der Waals surface area (Å²) in [6.07, 6.45) is 0.818. The summed E-state index contributed by atoms with van der Waals surface area (Å²) in [5.41, 5.74) is 2.43. The number of methoxy groups -OCH3 is 2. The second kappa shape index (κ2) is 10.2. The molecule has 4 rings (SSSR count). The second-order valence-corrected chi connectivity index (χ2v) is 8.93. The van der Waals surface area contributed by atoms with Gasteiger partial charge in [-0.1, -0.05) is 50.2 Å². The van der Waals surface area contributed by atoms with Crippen LogP contribution in [0.2, 0.25) is 0 Å². The van der Waals surface area contributed by atoms with Crippen LogP contribution < -0.4 is 14.8 Å². The Hall–Kier alpha value is -3.88. The highest BCUT2D eigenvalue weighted by Gasteiger charge is 2.39. The van der Waals surface area contributed by atoms with Crippen molar-refractivity contribution in [1.29, 1.82) is 0 Å². The van der Waals surface area contributed by atoms with Crippen LogP contribution in [0.3, 0.4) is 0 Å². The van der Waals surface area contributed by atoms with E-state index < -0.39 is 5.97 Å². The average Bonchev–Trinajstić information content (AvgIpc) is 3.41. The monoisotopic (exact) mass is 479 g/mol. The first-order valence-corrected chi connectivity index (χ1v) is 11.5. The molecule has 1 amide bonds. The zero-order valence-corrected chi connectivity index (χ0v) is 20.5. The van der Waals surface area contributed by atoms with Crippen LogP contribution in [0.15, 0.2) is 40.9 Å². The number of esters is 1. The van der Waals surface area contributed by atoms with E-state index in [4.69, 9.17) is 18.7 Å². The van der Waals surface area contributed by atoms with Crippen LogP contribution in [-0.4, -0.2) is 36.2 Å². The van der Waals surface area contributed by atoms with Gasteiger partial charge in [-0.2, -0.15) is 4.98 Å². The topological polar surface area (TPSA) is 113 Å². The molecule has 1 aliphatic carbocycles. The van der Waals surface area contributed by atoms with Gasteiger partial charge in [0, 0.05) is 23.6 Å². The van der Waals surface area contributed by atoms with E-state index in [-0.39, 0.29) is 35.6 Å². The van der Waals surface area contributed by atoms with Gasteiger partial charge in [-0.15, -0.1) is 0 Å². The maximum Gasteiger partial charge on any atom is 0.340 e. The van der Waals surface area contributed by atoms with Crippen LogP contribution >= 0.6 is 0 Å². The predicted molar refractivity (Wildman–Crippen MR) is 128 cm³/mol. The highest BCUT2D eigenvalue weighted by molar-refractivity contribution is 6.03. The molecule has 1 saturated carbocycles. The maximum absolute atomic E-state index is 13.0. The Labute approximate surface area is 203 Å². The fraction of sp³-hybridized carbons (Fsp3) is 0.385. The van der Waals surface area contributed by atoms with Gasteiger partial charge < -0.3 is 24.1 Å². The van der Waals surface area contributed by atoms with Crippen LogP contribution in [0.1, 0.15) is 54.9 Å². The molecule has 0 saturated heterocycles. The van der Waals surface area contributed by atoms with Crippen molar-refractivity contribution < 1.29 is 28.3 Å². The van der Waals surface area contributed by atoms with Gasteiger partial charge in [0.05, 0.1) is 25.5 Å². The fourth-order valence-electron chi connectivity index (χ4n) is 3.72. The van der Waals surface area contributed by atoms with Gasteiger partial charge in [0.2, 0.25) is 11.7 Å². The normalized spacial score (nSPS) is 16.6. The number of hydrogen-bond acceptors (Lipinski definition) is 8. The van der Waals surface area contributed by atoms with E-state index in [1.807, 2.05) is 31.2 Å². The minimum atomic E-state index is -0.675. The van der Waals surface area contributed by atoms with Crippen molar-refractivity contribution in [3.8, 4) is 22.9 Å². The summed E-state index contributed by atoms with van der Waals surface area (Å²) in [5, 5.41) is 6.80. The molecule has 3 aromatic rings. The van der Waals surface area contributed by atoms with E-state index in [9.17, 15) is 9.59 Å². The number of amides is 1. The van der Waals surface area contributed by atoms with Gasteiger partial charge in [0.1, 0.15) is 0 Å². The van der Waals surface area contributed by atoms with E-state index in [1.54, 1.807) is 6.07 Å². The minimum Gasteiger partial charge on any atom is -0.493 e. The Balaban J connectivity index is 1.48. The van der Waals surface area contributed by atoms with Gasteiger partial charge in [-0.25, -0.2) is 4.79 Å². The lowest BCUT2D eigenvalue weighted by Crippen LogP contribution is -2.18. The Morgan fingerprint density at radius 3 is 2.37 bits per heavy atom. The molecule has 35 heavy (non-hydrogen) atoms. The van der Waals surface area contributed by atoms with Crippen molar-refractivity contribution in [3.63, 3.8) is 0 Å². The quantitative estimate of drug-likeness (QED) is 0.434. The van der Waals surface area contributed by atoms with Crippen molar-refractivity contribution in [2.24, 2.45) is 11.8 Å². The first kappa shape index (κ1) is 24.3. The second-order valence-electron chi connectivity index (χ2n) is 8.93. The molecule has 1 aliphatic rings. The first-order chi connectivity index (χ1) is 16.8. The average molecular weight is 480 g/mol. The van der Waals surface area contributed by atoms with E-state index >= 15 is 0 Å². The molecule has 2 aromatic carbocycles. The van der Waals surface area contributed by atoms with E-state index in [2.05, 4.69) is 29.3 Å². The van der Waals surface area contributed by atoms with Crippen LogP contribution in [0.4, 0.5) is 5.69 Å². The van der Waals surface area contributed by atoms with Gasteiger partial charge >= 0.3 is 5.97 Å². The fourth-order valence-corrected chi connectivity index (χ4v) is 3.72. The van der Waals surface area contributed by atoms with Crippen molar-refractivity contribution in [3.05, 3.63) is 53.4 Å². The van der Waals surface area contributed by atoms with Crippen LogP contribution in [0.25, 0.3) is 11.4 Å². The zero-order valence-electron chi connectivity index (χ0n) is 20.5. The Kier molecular flexibility index (Phi) is 7.04. The lowest BCUT2D eigenvalue weighted by Gasteiger charge is -2.15. The van der Waals surface area contributed by atoms with Crippen LogP contribution in [-0.2, 0) is 16.1 Å². The van der Waals surface area contributed by atoms with Crippen LogP contribution in [0, 0.1) is 11.8 Å². The number of benzene rings is 2. The highest BCUT2D eigenvalue weighted by atomic mass is 16.6. The number of carbonyl (C=O) groups is 2. The maximum atomic E-state index is 13.0. The van der Waals surface area contributed by atoms with Gasteiger partial charge in [0.15, 0.2) is 18.1 Å². The number of anilines is 1. The van der Waals surface area contributed by atoms with Gasteiger partial charge in [0.25, 0.3) is 5.89 Å². The molecule has 0 spiro atoms. The molecule has 0 radical (unpaired) electrons. The number of aromatic nitrogens is 2. The van der Waals surface area contributed by atoms with Crippen molar-refractivity contribution in [1.82, 2.24) is 10.1 Å². The minimum absolute atomic E-state index is 0.0709. The smallest absolute Gasteiger partial charge is 0.340 e.